The van der Waals surface area contributed by atoms with Gasteiger partial charge in [-0.1, -0.05) is 5.16 Å². The Morgan fingerprint density at radius 2 is 2.36 bits per heavy atom. The number of hydrogen-bond acceptors (Lipinski definition) is 4. The van der Waals surface area contributed by atoms with Crippen LogP contribution in [0, 0.1) is 0 Å². The van der Waals surface area contributed by atoms with E-state index in [0.717, 1.165) is 0 Å². The van der Waals surface area contributed by atoms with E-state index < -0.39 is 5.92 Å². The van der Waals surface area contributed by atoms with E-state index in [9.17, 15) is 8.78 Å². The molecule has 0 saturated heterocycles. The molecule has 1 aromatic rings. The minimum atomic E-state index is -2.56. The van der Waals surface area contributed by atoms with Crippen LogP contribution in [0.4, 0.5) is 14.8 Å². The largest absolute Gasteiger partial charge is 0.341 e. The highest BCUT2D eigenvalue weighted by molar-refractivity contribution is 5.18. The summed E-state index contributed by atoms with van der Waals surface area (Å²) in [5.41, 5.74) is 0. The molecule has 0 bridgehead atoms. The van der Waals surface area contributed by atoms with Crippen molar-refractivity contribution >= 4 is 6.01 Å². The highest BCUT2D eigenvalue weighted by atomic mass is 19.3. The first-order valence-electron chi connectivity index (χ1n) is 4.50. The lowest BCUT2D eigenvalue weighted by Crippen LogP contribution is -2.09. The van der Waals surface area contributed by atoms with Gasteiger partial charge in [-0.05, 0) is 6.42 Å². The van der Waals surface area contributed by atoms with Crippen LogP contribution in [-0.4, -0.2) is 23.1 Å². The number of anilines is 1. The molecule has 1 fully saturated rings. The van der Waals surface area contributed by atoms with Crippen molar-refractivity contribution in [1.82, 2.24) is 10.1 Å². The summed E-state index contributed by atoms with van der Waals surface area (Å²) >= 11 is 0. The minimum absolute atomic E-state index is 0.0822. The lowest BCUT2D eigenvalue weighted by Gasteiger charge is -2.06. The molecule has 1 saturated carbocycles. The Balaban J connectivity index is 2.09. The van der Waals surface area contributed by atoms with E-state index in [1.165, 1.54) is 0 Å². The molecule has 1 N–H and O–H groups in total. The Bertz CT molecular complexity index is 326. The van der Waals surface area contributed by atoms with Crippen LogP contribution in [0.2, 0.25) is 0 Å². The summed E-state index contributed by atoms with van der Waals surface area (Å²) in [7, 11) is 1.64. The highest BCUT2D eigenvalue weighted by Gasteiger charge is 2.41. The van der Waals surface area contributed by atoms with Gasteiger partial charge >= 0.3 is 6.01 Å². The summed E-state index contributed by atoms with van der Waals surface area (Å²) in [6.07, 6.45) is 0.173. The quantitative estimate of drug-likeness (QED) is 0.798. The molecule has 1 aliphatic carbocycles. The second-order valence-corrected chi connectivity index (χ2v) is 3.50. The third-order valence-corrected chi connectivity index (χ3v) is 2.42. The average Bonchev–Trinajstić information content (AvgIpc) is 2.70. The Morgan fingerprint density at radius 1 is 1.57 bits per heavy atom. The summed E-state index contributed by atoms with van der Waals surface area (Å²) in [6.45, 7) is 0. The Morgan fingerprint density at radius 3 is 2.86 bits per heavy atom. The van der Waals surface area contributed by atoms with Crippen LogP contribution >= 0.6 is 0 Å². The van der Waals surface area contributed by atoms with Crippen molar-refractivity contribution in [3.05, 3.63) is 5.82 Å². The van der Waals surface area contributed by atoms with Crippen molar-refractivity contribution in [2.45, 2.75) is 31.1 Å². The number of nitrogens with one attached hydrogen (secondary N) is 1. The van der Waals surface area contributed by atoms with Gasteiger partial charge < -0.3 is 9.84 Å². The van der Waals surface area contributed by atoms with Crippen molar-refractivity contribution in [3.63, 3.8) is 0 Å². The predicted molar refractivity (Wildman–Crippen MR) is 45.4 cm³/mol. The number of halogens is 2. The molecule has 0 spiro atoms. The minimum Gasteiger partial charge on any atom is -0.341 e. The topological polar surface area (TPSA) is 51.0 Å². The van der Waals surface area contributed by atoms with Gasteiger partial charge in [0, 0.05) is 25.8 Å². The highest BCUT2D eigenvalue weighted by Crippen LogP contribution is 2.43. The monoisotopic (exact) mass is 203 g/mol. The maximum atomic E-state index is 12.9. The van der Waals surface area contributed by atoms with Gasteiger partial charge in [0.05, 0.1) is 0 Å². The van der Waals surface area contributed by atoms with Gasteiger partial charge in [0.2, 0.25) is 5.92 Å². The van der Waals surface area contributed by atoms with Crippen LogP contribution in [-0.2, 0) is 0 Å². The molecule has 78 valence electrons. The number of hydrogen-bond donors (Lipinski definition) is 1. The van der Waals surface area contributed by atoms with Gasteiger partial charge in [-0.15, -0.1) is 0 Å². The summed E-state index contributed by atoms with van der Waals surface area (Å²) in [6, 6.07) is 0.273. The molecule has 1 atom stereocenters. The lowest BCUT2D eigenvalue weighted by atomic mass is 10.1. The van der Waals surface area contributed by atoms with Gasteiger partial charge in [0.25, 0.3) is 0 Å². The normalized spacial score (nSPS) is 25.2. The lowest BCUT2D eigenvalue weighted by molar-refractivity contribution is 0.00750. The molecule has 0 aliphatic heterocycles. The van der Waals surface area contributed by atoms with E-state index in [0.29, 0.717) is 12.2 Å². The fourth-order valence-corrected chi connectivity index (χ4v) is 1.67. The van der Waals surface area contributed by atoms with Crippen molar-refractivity contribution in [2.75, 3.05) is 12.4 Å². The third-order valence-electron chi connectivity index (χ3n) is 2.42. The van der Waals surface area contributed by atoms with Crippen molar-refractivity contribution < 1.29 is 13.3 Å². The van der Waals surface area contributed by atoms with E-state index in [2.05, 4.69) is 15.5 Å². The first kappa shape index (κ1) is 9.36. The zero-order valence-corrected chi connectivity index (χ0v) is 7.76. The van der Waals surface area contributed by atoms with Gasteiger partial charge in [0.15, 0.2) is 5.82 Å². The molecule has 1 unspecified atom stereocenters. The Labute approximate surface area is 79.7 Å². The van der Waals surface area contributed by atoms with Crippen LogP contribution in [0.25, 0.3) is 0 Å². The molecule has 0 amide bonds. The molecule has 4 nitrogen and oxygen atoms in total. The summed E-state index contributed by atoms with van der Waals surface area (Å²) < 4.78 is 30.5. The van der Waals surface area contributed by atoms with Crippen LogP contribution in [0.5, 0.6) is 0 Å². The van der Waals surface area contributed by atoms with Crippen LogP contribution < -0.4 is 5.32 Å². The summed E-state index contributed by atoms with van der Waals surface area (Å²) in [4.78, 5) is 3.95. The zero-order valence-electron chi connectivity index (χ0n) is 7.76. The van der Waals surface area contributed by atoms with Crippen molar-refractivity contribution in [2.24, 2.45) is 0 Å². The van der Waals surface area contributed by atoms with Crippen molar-refractivity contribution in [3.8, 4) is 0 Å². The predicted octanol–water partition coefficient (Wildman–Crippen LogP) is 2.01. The van der Waals surface area contributed by atoms with Gasteiger partial charge in [-0.2, -0.15) is 4.98 Å². The van der Waals surface area contributed by atoms with E-state index in [-0.39, 0.29) is 24.8 Å². The molecule has 1 heterocycles. The first-order chi connectivity index (χ1) is 6.61. The maximum Gasteiger partial charge on any atom is 0.321 e. The number of rotatable bonds is 2. The fourth-order valence-electron chi connectivity index (χ4n) is 1.67. The summed E-state index contributed by atoms with van der Waals surface area (Å²) in [5.74, 6) is -2.45. The second-order valence-electron chi connectivity index (χ2n) is 3.50. The van der Waals surface area contributed by atoms with E-state index in [1.807, 2.05) is 0 Å². The fraction of sp³-hybridized carbons (Fsp3) is 0.750. The SMILES string of the molecule is CNc1nc(C2CCC(F)(F)C2)no1. The zero-order chi connectivity index (χ0) is 10.2. The molecule has 1 aliphatic rings. The van der Waals surface area contributed by atoms with E-state index in [4.69, 9.17) is 4.52 Å². The Hall–Kier alpha value is -1.20. The van der Waals surface area contributed by atoms with Crippen LogP contribution in [0.3, 0.4) is 0 Å². The van der Waals surface area contributed by atoms with Gasteiger partial charge in [-0.25, -0.2) is 8.78 Å². The first-order valence-corrected chi connectivity index (χ1v) is 4.50. The van der Waals surface area contributed by atoms with E-state index in [1.54, 1.807) is 7.05 Å². The average molecular weight is 203 g/mol. The maximum absolute atomic E-state index is 12.9. The molecular weight excluding hydrogens is 192 g/mol. The molecule has 0 radical (unpaired) electrons. The number of aromatic nitrogens is 2. The molecular formula is C8H11F2N3O. The number of alkyl halides is 2. The Kier molecular flexibility index (Phi) is 2.13. The molecule has 14 heavy (non-hydrogen) atoms. The standard InChI is InChI=1S/C8H11F2N3O/c1-11-7-12-6(13-14-7)5-2-3-8(9,10)4-5/h5H,2-4H2,1H3,(H,11,12,13). The van der Waals surface area contributed by atoms with Gasteiger partial charge in [0.1, 0.15) is 0 Å². The van der Waals surface area contributed by atoms with Crippen LogP contribution in [0.15, 0.2) is 4.52 Å². The second kappa shape index (κ2) is 3.18. The molecule has 0 aromatic carbocycles. The van der Waals surface area contributed by atoms with Gasteiger partial charge in [-0.3, -0.25) is 0 Å². The number of nitrogens with zero attached hydrogens (tertiary/aromatic N) is 2. The third kappa shape index (κ3) is 1.69. The summed E-state index contributed by atoms with van der Waals surface area (Å²) in [5, 5.41) is 6.32. The van der Waals surface area contributed by atoms with E-state index >= 15 is 0 Å². The van der Waals surface area contributed by atoms with Crippen molar-refractivity contribution in [1.29, 1.82) is 0 Å². The molecule has 1 aromatic heterocycles. The smallest absolute Gasteiger partial charge is 0.321 e. The molecule has 6 heteroatoms. The van der Waals surface area contributed by atoms with Crippen LogP contribution in [0.1, 0.15) is 31.0 Å². The molecule has 2 rings (SSSR count).